The second kappa shape index (κ2) is 7.14. The van der Waals surface area contributed by atoms with Gasteiger partial charge in [0.2, 0.25) is 0 Å². The number of carboxylic acids is 1. The van der Waals surface area contributed by atoms with Crippen molar-refractivity contribution in [2.45, 2.75) is 19.3 Å². The van der Waals surface area contributed by atoms with E-state index in [1.807, 2.05) is 0 Å². The van der Waals surface area contributed by atoms with Gasteiger partial charge in [-0.05, 0) is 31.4 Å². The van der Waals surface area contributed by atoms with E-state index in [1.165, 1.54) is 0 Å². The number of aliphatic hydroxyl groups excluding tert-OH is 1. The number of nitrogens with one attached hydrogen (secondary N) is 1. The second-order valence-electron chi connectivity index (χ2n) is 3.68. The van der Waals surface area contributed by atoms with Crippen LogP contribution in [-0.4, -0.2) is 29.3 Å². The largest absolute Gasteiger partial charge is 0.478 e. The zero-order valence-corrected chi connectivity index (χ0v) is 10.2. The lowest BCUT2D eigenvalue weighted by Crippen LogP contribution is -2.08. The van der Waals surface area contributed by atoms with Crippen LogP contribution in [0.2, 0.25) is 5.02 Å². The van der Waals surface area contributed by atoms with Crippen molar-refractivity contribution in [3.63, 3.8) is 0 Å². The van der Waals surface area contributed by atoms with Crippen molar-refractivity contribution in [3.8, 4) is 0 Å². The number of hydrogen-bond acceptors (Lipinski definition) is 3. The SMILES string of the molecule is O=C(O)c1c(Cl)cccc1NCCCCCO. The fourth-order valence-corrected chi connectivity index (χ4v) is 1.78. The van der Waals surface area contributed by atoms with Gasteiger partial charge in [0.25, 0.3) is 0 Å². The molecule has 0 saturated heterocycles. The highest BCUT2D eigenvalue weighted by Crippen LogP contribution is 2.24. The molecule has 0 saturated carbocycles. The first-order valence-corrected chi connectivity index (χ1v) is 5.91. The molecular formula is C12H16ClNO3. The van der Waals surface area contributed by atoms with Gasteiger partial charge in [0.05, 0.1) is 10.7 Å². The highest BCUT2D eigenvalue weighted by Gasteiger charge is 2.13. The topological polar surface area (TPSA) is 69.6 Å². The Labute approximate surface area is 105 Å². The molecule has 0 radical (unpaired) electrons. The predicted molar refractivity (Wildman–Crippen MR) is 67.8 cm³/mol. The number of benzene rings is 1. The average Bonchev–Trinajstić information content (AvgIpc) is 2.28. The lowest BCUT2D eigenvalue weighted by Gasteiger charge is -2.10. The average molecular weight is 258 g/mol. The van der Waals surface area contributed by atoms with Crippen LogP contribution in [0, 0.1) is 0 Å². The van der Waals surface area contributed by atoms with Gasteiger partial charge >= 0.3 is 5.97 Å². The standard InChI is InChI=1S/C12H16ClNO3/c13-9-5-4-6-10(11(9)12(16)17)14-7-2-1-3-8-15/h4-6,14-15H,1-3,7-8H2,(H,16,17). The molecule has 0 aliphatic rings. The summed E-state index contributed by atoms with van der Waals surface area (Å²) in [6.45, 7) is 0.859. The van der Waals surface area contributed by atoms with Gasteiger partial charge in [-0.3, -0.25) is 0 Å². The molecule has 0 unspecified atom stereocenters. The molecule has 3 N–H and O–H groups in total. The fraction of sp³-hybridized carbons (Fsp3) is 0.417. The van der Waals surface area contributed by atoms with Crippen LogP contribution in [0.1, 0.15) is 29.6 Å². The van der Waals surface area contributed by atoms with E-state index in [-0.39, 0.29) is 17.2 Å². The Bertz CT molecular complexity index is 382. The van der Waals surface area contributed by atoms with Gasteiger partial charge in [-0.1, -0.05) is 17.7 Å². The quantitative estimate of drug-likeness (QED) is 0.657. The van der Waals surface area contributed by atoms with E-state index in [4.69, 9.17) is 21.8 Å². The first kappa shape index (κ1) is 13.8. The lowest BCUT2D eigenvalue weighted by molar-refractivity contribution is 0.0698. The van der Waals surface area contributed by atoms with Crippen molar-refractivity contribution in [3.05, 3.63) is 28.8 Å². The van der Waals surface area contributed by atoms with E-state index < -0.39 is 5.97 Å². The van der Waals surface area contributed by atoms with E-state index in [0.717, 1.165) is 19.3 Å². The summed E-state index contributed by atoms with van der Waals surface area (Å²) in [6, 6.07) is 4.97. The van der Waals surface area contributed by atoms with Crippen molar-refractivity contribution in [1.29, 1.82) is 0 Å². The van der Waals surface area contributed by atoms with Gasteiger partial charge in [0.1, 0.15) is 5.56 Å². The molecule has 1 aromatic carbocycles. The molecule has 0 spiro atoms. The minimum atomic E-state index is -1.03. The first-order chi connectivity index (χ1) is 8.16. The van der Waals surface area contributed by atoms with Crippen LogP contribution >= 0.6 is 11.6 Å². The van der Waals surface area contributed by atoms with E-state index in [2.05, 4.69) is 5.32 Å². The number of anilines is 1. The molecule has 0 aliphatic carbocycles. The summed E-state index contributed by atoms with van der Waals surface area (Å²) in [5.74, 6) is -1.03. The molecular weight excluding hydrogens is 242 g/mol. The normalized spacial score (nSPS) is 10.2. The Hall–Kier alpha value is -1.26. The molecule has 0 amide bonds. The summed E-state index contributed by atoms with van der Waals surface area (Å²) in [5.41, 5.74) is 0.644. The molecule has 0 bridgehead atoms. The number of rotatable bonds is 7. The van der Waals surface area contributed by atoms with Gasteiger partial charge < -0.3 is 15.5 Å². The van der Waals surface area contributed by atoms with Crippen molar-refractivity contribution in [2.24, 2.45) is 0 Å². The summed E-state index contributed by atoms with van der Waals surface area (Å²) in [6.07, 6.45) is 2.56. The number of carbonyl (C=O) groups is 1. The fourth-order valence-electron chi connectivity index (χ4n) is 1.53. The minimum Gasteiger partial charge on any atom is -0.478 e. The molecule has 0 atom stereocenters. The number of carboxylic acid groups (broad SMARTS) is 1. The van der Waals surface area contributed by atoms with Crippen LogP contribution in [0.25, 0.3) is 0 Å². The van der Waals surface area contributed by atoms with E-state index in [9.17, 15) is 4.79 Å². The number of halogens is 1. The van der Waals surface area contributed by atoms with Crippen molar-refractivity contribution >= 4 is 23.3 Å². The van der Waals surface area contributed by atoms with Gasteiger partial charge in [0.15, 0.2) is 0 Å². The minimum absolute atomic E-state index is 0.108. The maximum Gasteiger partial charge on any atom is 0.339 e. The van der Waals surface area contributed by atoms with Crippen LogP contribution in [0.4, 0.5) is 5.69 Å². The van der Waals surface area contributed by atoms with Gasteiger partial charge in [-0.25, -0.2) is 4.79 Å². The molecule has 0 aliphatic heterocycles. The summed E-state index contributed by atoms with van der Waals surface area (Å²) < 4.78 is 0. The van der Waals surface area contributed by atoms with Crippen LogP contribution in [0.3, 0.4) is 0 Å². The van der Waals surface area contributed by atoms with Crippen LogP contribution in [-0.2, 0) is 0 Å². The molecule has 1 rings (SSSR count). The van der Waals surface area contributed by atoms with Gasteiger partial charge in [0, 0.05) is 13.2 Å². The van der Waals surface area contributed by atoms with Gasteiger partial charge in [-0.2, -0.15) is 0 Å². The van der Waals surface area contributed by atoms with Crippen LogP contribution in [0.5, 0.6) is 0 Å². The third-order valence-electron chi connectivity index (χ3n) is 2.38. The molecule has 0 heterocycles. The molecule has 0 fully saturated rings. The third-order valence-corrected chi connectivity index (χ3v) is 2.69. The van der Waals surface area contributed by atoms with Gasteiger partial charge in [-0.15, -0.1) is 0 Å². The first-order valence-electron chi connectivity index (χ1n) is 5.53. The zero-order chi connectivity index (χ0) is 12.7. The molecule has 4 nitrogen and oxygen atoms in total. The zero-order valence-electron chi connectivity index (χ0n) is 9.45. The predicted octanol–water partition coefficient (Wildman–Crippen LogP) is 2.61. The summed E-state index contributed by atoms with van der Waals surface area (Å²) >= 11 is 5.83. The van der Waals surface area contributed by atoms with E-state index in [0.29, 0.717) is 12.2 Å². The monoisotopic (exact) mass is 257 g/mol. The number of hydrogen-bond donors (Lipinski definition) is 3. The molecule has 5 heteroatoms. The molecule has 0 aromatic heterocycles. The molecule has 17 heavy (non-hydrogen) atoms. The number of aliphatic hydroxyl groups is 1. The van der Waals surface area contributed by atoms with Crippen LogP contribution < -0.4 is 5.32 Å². The van der Waals surface area contributed by atoms with Crippen molar-refractivity contribution in [2.75, 3.05) is 18.5 Å². The number of aromatic carboxylic acids is 1. The summed E-state index contributed by atoms with van der Waals surface area (Å²) in [5, 5.41) is 20.9. The van der Waals surface area contributed by atoms with Crippen molar-refractivity contribution in [1.82, 2.24) is 0 Å². The van der Waals surface area contributed by atoms with E-state index >= 15 is 0 Å². The third kappa shape index (κ3) is 4.24. The lowest BCUT2D eigenvalue weighted by atomic mass is 10.1. The maximum atomic E-state index is 11.0. The second-order valence-corrected chi connectivity index (χ2v) is 4.09. The van der Waals surface area contributed by atoms with Crippen LogP contribution in [0.15, 0.2) is 18.2 Å². The Kier molecular flexibility index (Phi) is 5.80. The Morgan fingerprint density at radius 3 is 2.71 bits per heavy atom. The van der Waals surface area contributed by atoms with Crippen molar-refractivity contribution < 1.29 is 15.0 Å². The molecule has 1 aromatic rings. The maximum absolute atomic E-state index is 11.0. The highest BCUT2D eigenvalue weighted by atomic mass is 35.5. The smallest absolute Gasteiger partial charge is 0.339 e. The highest BCUT2D eigenvalue weighted by molar-refractivity contribution is 6.34. The Morgan fingerprint density at radius 1 is 1.29 bits per heavy atom. The summed E-state index contributed by atoms with van der Waals surface area (Å²) in [4.78, 5) is 11.0. The Balaban J connectivity index is 2.58. The molecule has 94 valence electrons. The number of unbranched alkanes of at least 4 members (excludes halogenated alkanes) is 2. The Morgan fingerprint density at radius 2 is 2.06 bits per heavy atom. The van der Waals surface area contributed by atoms with E-state index in [1.54, 1.807) is 18.2 Å². The summed E-state index contributed by atoms with van der Waals surface area (Å²) in [7, 11) is 0.